The molecule has 0 amide bonds. The van der Waals surface area contributed by atoms with Gasteiger partial charge in [0.2, 0.25) is 0 Å². The molecule has 0 spiro atoms. The molecule has 18 heavy (non-hydrogen) atoms. The first kappa shape index (κ1) is 15.5. The van der Waals surface area contributed by atoms with Crippen molar-refractivity contribution in [1.29, 1.82) is 0 Å². The minimum Gasteiger partial charge on any atom is -0.378 e. The molecule has 0 radical (unpaired) electrons. The number of nitrogens with two attached hydrogens (primary N) is 1. The zero-order chi connectivity index (χ0) is 11.9. The molecule has 2 nitrogen and oxygen atoms in total. The summed E-state index contributed by atoms with van der Waals surface area (Å²) in [6, 6.07) is 10.5. The molecule has 0 saturated heterocycles. The summed E-state index contributed by atoms with van der Waals surface area (Å²) in [6.45, 7) is 1.69. The fraction of sp³-hybridized carbons (Fsp3) is 0.600. The fourth-order valence-corrected chi connectivity index (χ4v) is 2.52. The molecule has 102 valence electrons. The van der Waals surface area contributed by atoms with E-state index in [1.54, 1.807) is 0 Å². The van der Waals surface area contributed by atoms with Gasteiger partial charge in [-0.15, -0.1) is 12.4 Å². The fourth-order valence-electron chi connectivity index (χ4n) is 2.52. The lowest BCUT2D eigenvalue weighted by Crippen LogP contribution is -2.26. The van der Waals surface area contributed by atoms with Crippen molar-refractivity contribution in [3.8, 4) is 0 Å². The highest BCUT2D eigenvalue weighted by atomic mass is 35.5. The van der Waals surface area contributed by atoms with Gasteiger partial charge in [-0.3, -0.25) is 0 Å². The molecule has 0 aliphatic heterocycles. The molecule has 1 aromatic rings. The summed E-state index contributed by atoms with van der Waals surface area (Å²) < 4.78 is 5.94. The smallest absolute Gasteiger partial charge is 0.0575 e. The van der Waals surface area contributed by atoms with Crippen molar-refractivity contribution in [2.24, 2.45) is 11.7 Å². The van der Waals surface area contributed by atoms with Gasteiger partial charge in [0.15, 0.2) is 0 Å². The first-order valence-corrected chi connectivity index (χ1v) is 6.74. The molecule has 3 heteroatoms. The highest BCUT2D eigenvalue weighted by Crippen LogP contribution is 2.25. The molecular weight excluding hydrogens is 246 g/mol. The SMILES string of the molecule is Cl.NC[C@H]1CC[C@@H](OCCc2ccccc2)CC1. The average Bonchev–Trinajstić information content (AvgIpc) is 2.41. The van der Waals surface area contributed by atoms with Crippen LogP contribution in [0.5, 0.6) is 0 Å². The second kappa shape index (κ2) is 8.52. The van der Waals surface area contributed by atoms with Gasteiger partial charge in [-0.25, -0.2) is 0 Å². The molecule has 0 unspecified atom stereocenters. The van der Waals surface area contributed by atoms with Gasteiger partial charge >= 0.3 is 0 Å². The van der Waals surface area contributed by atoms with E-state index in [0.717, 1.165) is 25.5 Å². The summed E-state index contributed by atoms with van der Waals surface area (Å²) >= 11 is 0. The van der Waals surface area contributed by atoms with Gasteiger partial charge < -0.3 is 10.5 Å². The number of hydrogen-bond donors (Lipinski definition) is 1. The van der Waals surface area contributed by atoms with Crippen molar-refractivity contribution < 1.29 is 4.74 Å². The van der Waals surface area contributed by atoms with Gasteiger partial charge in [-0.05, 0) is 50.1 Å². The molecule has 1 fully saturated rings. The Morgan fingerprint density at radius 3 is 2.33 bits per heavy atom. The van der Waals surface area contributed by atoms with Crippen LogP contribution in [0.25, 0.3) is 0 Å². The topological polar surface area (TPSA) is 35.2 Å². The van der Waals surface area contributed by atoms with E-state index in [1.807, 2.05) is 0 Å². The standard InChI is InChI=1S/C15H23NO.ClH/c16-12-14-6-8-15(9-7-14)17-11-10-13-4-2-1-3-5-13;/h1-5,14-15H,6-12,16H2;1H/t14-,15+;. The van der Waals surface area contributed by atoms with Crippen molar-refractivity contribution in [2.75, 3.05) is 13.2 Å². The van der Waals surface area contributed by atoms with Gasteiger partial charge in [-0.2, -0.15) is 0 Å². The first-order chi connectivity index (χ1) is 8.38. The van der Waals surface area contributed by atoms with Crippen molar-refractivity contribution in [3.05, 3.63) is 35.9 Å². The Bertz CT molecular complexity index is 310. The Balaban J connectivity index is 0.00000162. The second-order valence-corrected chi connectivity index (χ2v) is 4.98. The third kappa shape index (κ3) is 4.97. The van der Waals surface area contributed by atoms with E-state index < -0.39 is 0 Å². The van der Waals surface area contributed by atoms with Crippen LogP contribution in [0.4, 0.5) is 0 Å². The number of ether oxygens (including phenoxy) is 1. The van der Waals surface area contributed by atoms with Crippen molar-refractivity contribution in [1.82, 2.24) is 0 Å². The third-order valence-electron chi connectivity index (χ3n) is 3.71. The van der Waals surface area contributed by atoms with Gasteiger partial charge in [0, 0.05) is 0 Å². The molecule has 0 heterocycles. The normalized spacial score (nSPS) is 23.4. The van der Waals surface area contributed by atoms with E-state index in [2.05, 4.69) is 30.3 Å². The minimum atomic E-state index is 0. The molecule has 0 atom stereocenters. The van der Waals surface area contributed by atoms with Crippen LogP contribution in [0.15, 0.2) is 30.3 Å². The van der Waals surface area contributed by atoms with Crippen LogP contribution in [0.3, 0.4) is 0 Å². The maximum atomic E-state index is 5.94. The summed E-state index contributed by atoms with van der Waals surface area (Å²) in [6.07, 6.45) is 6.37. The van der Waals surface area contributed by atoms with Crippen LogP contribution in [-0.2, 0) is 11.2 Å². The molecule has 1 saturated carbocycles. The quantitative estimate of drug-likeness (QED) is 0.891. The summed E-state index contributed by atoms with van der Waals surface area (Å²) in [5, 5.41) is 0. The van der Waals surface area contributed by atoms with Crippen LogP contribution in [-0.4, -0.2) is 19.3 Å². The number of rotatable bonds is 5. The van der Waals surface area contributed by atoms with Crippen LogP contribution in [0.1, 0.15) is 31.2 Å². The van der Waals surface area contributed by atoms with Gasteiger partial charge in [0.1, 0.15) is 0 Å². The van der Waals surface area contributed by atoms with Crippen molar-refractivity contribution in [3.63, 3.8) is 0 Å². The number of benzene rings is 1. The average molecular weight is 270 g/mol. The first-order valence-electron chi connectivity index (χ1n) is 6.74. The van der Waals surface area contributed by atoms with E-state index in [9.17, 15) is 0 Å². The number of halogens is 1. The summed E-state index contributed by atoms with van der Waals surface area (Å²) in [7, 11) is 0. The van der Waals surface area contributed by atoms with Crippen LogP contribution in [0.2, 0.25) is 0 Å². The maximum Gasteiger partial charge on any atom is 0.0575 e. The second-order valence-electron chi connectivity index (χ2n) is 4.98. The van der Waals surface area contributed by atoms with E-state index >= 15 is 0 Å². The van der Waals surface area contributed by atoms with Crippen LogP contribution in [0, 0.1) is 5.92 Å². The van der Waals surface area contributed by atoms with E-state index in [-0.39, 0.29) is 12.4 Å². The van der Waals surface area contributed by atoms with Gasteiger partial charge in [0.25, 0.3) is 0 Å². The molecule has 2 rings (SSSR count). The monoisotopic (exact) mass is 269 g/mol. The largest absolute Gasteiger partial charge is 0.378 e. The predicted molar refractivity (Wildman–Crippen MR) is 78.1 cm³/mol. The Morgan fingerprint density at radius 2 is 1.72 bits per heavy atom. The molecule has 1 aromatic carbocycles. The summed E-state index contributed by atoms with van der Waals surface area (Å²) in [5.74, 6) is 0.740. The van der Waals surface area contributed by atoms with Crippen molar-refractivity contribution in [2.45, 2.75) is 38.2 Å². The number of hydrogen-bond acceptors (Lipinski definition) is 2. The van der Waals surface area contributed by atoms with E-state index in [0.29, 0.717) is 6.10 Å². The molecule has 0 aromatic heterocycles. The minimum absolute atomic E-state index is 0. The Labute approximate surface area is 116 Å². The van der Waals surface area contributed by atoms with Gasteiger partial charge in [0.05, 0.1) is 12.7 Å². The Kier molecular flexibility index (Phi) is 7.33. The lowest BCUT2D eigenvalue weighted by Gasteiger charge is -2.27. The zero-order valence-corrected chi connectivity index (χ0v) is 11.7. The highest BCUT2D eigenvalue weighted by Gasteiger charge is 2.20. The van der Waals surface area contributed by atoms with Crippen LogP contribution >= 0.6 is 12.4 Å². The molecule has 1 aliphatic rings. The van der Waals surface area contributed by atoms with Crippen LogP contribution < -0.4 is 5.73 Å². The predicted octanol–water partition coefficient (Wildman–Crippen LogP) is 3.19. The van der Waals surface area contributed by atoms with Crippen molar-refractivity contribution >= 4 is 12.4 Å². The maximum absolute atomic E-state index is 5.94. The van der Waals surface area contributed by atoms with E-state index in [4.69, 9.17) is 10.5 Å². The molecule has 2 N–H and O–H groups in total. The molecular formula is C15H24ClNO. The van der Waals surface area contributed by atoms with E-state index in [1.165, 1.54) is 31.2 Å². The molecule has 1 aliphatic carbocycles. The van der Waals surface area contributed by atoms with Gasteiger partial charge in [-0.1, -0.05) is 30.3 Å². The summed E-state index contributed by atoms with van der Waals surface area (Å²) in [5.41, 5.74) is 7.05. The highest BCUT2D eigenvalue weighted by molar-refractivity contribution is 5.85. The Hall–Kier alpha value is -0.570. The zero-order valence-electron chi connectivity index (χ0n) is 10.9. The summed E-state index contributed by atoms with van der Waals surface area (Å²) in [4.78, 5) is 0. The third-order valence-corrected chi connectivity index (χ3v) is 3.71. The molecule has 0 bridgehead atoms. The lowest BCUT2D eigenvalue weighted by molar-refractivity contribution is 0.0207. The Morgan fingerprint density at radius 1 is 1.06 bits per heavy atom. The lowest BCUT2D eigenvalue weighted by atomic mass is 9.87.